The predicted octanol–water partition coefficient (Wildman–Crippen LogP) is 3.68. The van der Waals surface area contributed by atoms with Crippen molar-refractivity contribution in [1.29, 1.82) is 0 Å². The first-order valence-corrected chi connectivity index (χ1v) is 9.82. The van der Waals surface area contributed by atoms with Crippen LogP contribution in [0.3, 0.4) is 0 Å². The zero-order valence-corrected chi connectivity index (χ0v) is 17.1. The van der Waals surface area contributed by atoms with Crippen molar-refractivity contribution in [2.24, 2.45) is 5.92 Å². The number of likely N-dealkylation sites (tertiary alicyclic amines) is 1. The van der Waals surface area contributed by atoms with Crippen LogP contribution in [0.25, 0.3) is 11.1 Å². The van der Waals surface area contributed by atoms with Crippen LogP contribution in [-0.4, -0.2) is 46.6 Å². The molecule has 27 heavy (non-hydrogen) atoms. The smallest absolute Gasteiger partial charge is 0.259 e. The van der Waals surface area contributed by atoms with Crippen LogP contribution in [0, 0.1) is 12.8 Å². The molecular formula is C20H29ClN4O2. The summed E-state index contributed by atoms with van der Waals surface area (Å²) in [6.45, 7) is 8.74. The number of rotatable bonds is 5. The Hall–Kier alpha value is -1.66. The molecule has 4 rings (SSSR count). The minimum absolute atomic E-state index is 0. The lowest BCUT2D eigenvalue weighted by atomic mass is 10.00. The van der Waals surface area contributed by atoms with Gasteiger partial charge in [-0.1, -0.05) is 19.0 Å². The summed E-state index contributed by atoms with van der Waals surface area (Å²) in [5, 5.41) is 8.62. The Labute approximate surface area is 166 Å². The maximum atomic E-state index is 13.2. The number of carbonyl (C=O) groups is 1. The Morgan fingerprint density at radius 3 is 2.63 bits per heavy atom. The maximum Gasteiger partial charge on any atom is 0.259 e. The second-order valence-corrected chi connectivity index (χ2v) is 8.13. The van der Waals surface area contributed by atoms with E-state index in [9.17, 15) is 4.79 Å². The zero-order chi connectivity index (χ0) is 18.3. The Balaban J connectivity index is 0.00000210. The van der Waals surface area contributed by atoms with Gasteiger partial charge in [-0.25, -0.2) is 4.98 Å². The van der Waals surface area contributed by atoms with Gasteiger partial charge in [0.1, 0.15) is 0 Å². The Morgan fingerprint density at radius 1 is 1.30 bits per heavy atom. The summed E-state index contributed by atoms with van der Waals surface area (Å²) in [7, 11) is 0. The van der Waals surface area contributed by atoms with Gasteiger partial charge in [0.15, 0.2) is 0 Å². The number of carbonyl (C=O) groups excluding carboxylic acids is 1. The van der Waals surface area contributed by atoms with Crippen LogP contribution in [0.1, 0.15) is 67.2 Å². The van der Waals surface area contributed by atoms with Crippen molar-refractivity contribution in [3.8, 4) is 0 Å². The fraction of sp³-hybridized carbons (Fsp3) is 0.650. The average Bonchev–Trinajstić information content (AvgIpc) is 3.36. The molecule has 1 saturated heterocycles. The molecular weight excluding hydrogens is 364 g/mol. The third-order valence-electron chi connectivity index (χ3n) is 5.55. The van der Waals surface area contributed by atoms with Crippen molar-refractivity contribution in [3.05, 3.63) is 23.0 Å². The largest absolute Gasteiger partial charge is 0.339 e. The van der Waals surface area contributed by atoms with Gasteiger partial charge in [-0.3, -0.25) is 4.79 Å². The molecule has 1 N–H and O–H groups in total. The lowest BCUT2D eigenvalue weighted by Gasteiger charge is -2.32. The van der Waals surface area contributed by atoms with Crippen LogP contribution in [0.4, 0.5) is 0 Å². The normalized spacial score (nSPS) is 18.1. The number of fused-ring (bicyclic) bond motifs is 1. The van der Waals surface area contributed by atoms with E-state index in [1.807, 2.05) is 17.9 Å². The van der Waals surface area contributed by atoms with Crippen molar-refractivity contribution in [2.45, 2.75) is 58.4 Å². The Bertz CT molecular complexity index is 808. The second kappa shape index (κ2) is 8.15. The maximum absolute atomic E-state index is 13.2. The number of hydrogen-bond donors (Lipinski definition) is 1. The third kappa shape index (κ3) is 4.27. The number of piperidine rings is 1. The highest BCUT2D eigenvalue weighted by Gasteiger charge is 2.29. The summed E-state index contributed by atoms with van der Waals surface area (Å²) in [4.78, 5) is 19.6. The molecule has 0 bridgehead atoms. The molecule has 1 aliphatic heterocycles. The van der Waals surface area contributed by atoms with E-state index in [2.05, 4.69) is 29.3 Å². The monoisotopic (exact) mass is 392 g/mol. The van der Waals surface area contributed by atoms with Gasteiger partial charge in [0, 0.05) is 24.8 Å². The minimum Gasteiger partial charge on any atom is -0.339 e. The molecule has 1 aliphatic carbocycles. The van der Waals surface area contributed by atoms with Crippen molar-refractivity contribution < 1.29 is 9.32 Å². The molecule has 2 aromatic rings. The Morgan fingerprint density at radius 2 is 2.00 bits per heavy atom. The molecule has 0 radical (unpaired) electrons. The third-order valence-corrected chi connectivity index (χ3v) is 5.55. The van der Waals surface area contributed by atoms with Crippen LogP contribution in [0.15, 0.2) is 10.6 Å². The van der Waals surface area contributed by atoms with Gasteiger partial charge < -0.3 is 14.7 Å². The van der Waals surface area contributed by atoms with E-state index in [1.54, 1.807) is 0 Å². The summed E-state index contributed by atoms with van der Waals surface area (Å²) in [5.41, 5.74) is 2.75. The number of aryl methyl sites for hydroxylation is 1. The first-order chi connectivity index (χ1) is 12.5. The van der Waals surface area contributed by atoms with Gasteiger partial charge in [-0.15, -0.1) is 12.4 Å². The molecule has 0 atom stereocenters. The lowest BCUT2D eigenvalue weighted by Crippen LogP contribution is -2.45. The van der Waals surface area contributed by atoms with Gasteiger partial charge in [-0.05, 0) is 57.1 Å². The standard InChI is InChI=1S/C20H28N4O2.ClH/c1-12(2)18-17-16(10-13(3)22-19(17)26-23-18)20(25)24-8-6-15(7-9-24)21-11-14-4-5-14;/h10,12,14-15,21H,4-9,11H2,1-3H3;1H. The number of nitrogens with one attached hydrogen (secondary N) is 1. The van der Waals surface area contributed by atoms with Gasteiger partial charge in [-0.2, -0.15) is 0 Å². The van der Waals surface area contributed by atoms with E-state index < -0.39 is 0 Å². The van der Waals surface area contributed by atoms with Crippen LogP contribution in [0.5, 0.6) is 0 Å². The van der Waals surface area contributed by atoms with Crippen molar-refractivity contribution >= 4 is 29.4 Å². The fourth-order valence-electron chi connectivity index (χ4n) is 3.77. The first-order valence-electron chi connectivity index (χ1n) is 9.82. The van der Waals surface area contributed by atoms with E-state index >= 15 is 0 Å². The van der Waals surface area contributed by atoms with Crippen LogP contribution < -0.4 is 5.32 Å². The van der Waals surface area contributed by atoms with Crippen molar-refractivity contribution in [2.75, 3.05) is 19.6 Å². The highest BCUT2D eigenvalue weighted by atomic mass is 35.5. The summed E-state index contributed by atoms with van der Waals surface area (Å²) in [6, 6.07) is 2.42. The predicted molar refractivity (Wildman–Crippen MR) is 108 cm³/mol. The number of nitrogens with zero attached hydrogens (tertiary/aromatic N) is 3. The van der Waals surface area contributed by atoms with Gasteiger partial charge in [0.2, 0.25) is 0 Å². The number of amides is 1. The molecule has 6 nitrogen and oxygen atoms in total. The minimum atomic E-state index is 0. The molecule has 1 saturated carbocycles. The molecule has 2 fully saturated rings. The fourth-order valence-corrected chi connectivity index (χ4v) is 3.77. The molecule has 0 spiro atoms. The molecule has 148 valence electrons. The number of halogens is 1. The molecule has 2 aromatic heterocycles. The van der Waals surface area contributed by atoms with Gasteiger partial charge >= 0.3 is 0 Å². The first kappa shape index (κ1) is 20.1. The highest BCUT2D eigenvalue weighted by molar-refractivity contribution is 6.06. The van der Waals surface area contributed by atoms with Crippen LogP contribution in [-0.2, 0) is 0 Å². The summed E-state index contributed by atoms with van der Waals surface area (Å²) < 4.78 is 5.40. The Kier molecular flexibility index (Phi) is 6.06. The van der Waals surface area contributed by atoms with Crippen molar-refractivity contribution in [1.82, 2.24) is 20.4 Å². The van der Waals surface area contributed by atoms with Gasteiger partial charge in [0.25, 0.3) is 11.6 Å². The number of hydrogen-bond acceptors (Lipinski definition) is 5. The van der Waals surface area contributed by atoms with E-state index in [0.717, 1.165) is 55.2 Å². The second-order valence-electron chi connectivity index (χ2n) is 8.13. The summed E-state index contributed by atoms with van der Waals surface area (Å²) in [5.74, 6) is 1.15. The quantitative estimate of drug-likeness (QED) is 0.840. The molecule has 2 aliphatic rings. The SMILES string of the molecule is Cc1cc(C(=O)N2CCC(NCC3CC3)CC2)c2c(C(C)C)noc2n1.Cl. The van der Waals surface area contributed by atoms with Crippen LogP contribution in [0.2, 0.25) is 0 Å². The molecule has 3 heterocycles. The molecule has 0 unspecified atom stereocenters. The number of aromatic nitrogens is 2. The lowest BCUT2D eigenvalue weighted by molar-refractivity contribution is 0.0706. The van der Waals surface area contributed by atoms with Crippen molar-refractivity contribution in [3.63, 3.8) is 0 Å². The van der Waals surface area contributed by atoms with E-state index in [4.69, 9.17) is 4.52 Å². The van der Waals surface area contributed by atoms with Crippen LogP contribution >= 0.6 is 12.4 Å². The molecule has 0 aromatic carbocycles. The van der Waals surface area contributed by atoms with Gasteiger partial charge in [0.05, 0.1) is 16.6 Å². The highest BCUT2D eigenvalue weighted by Crippen LogP contribution is 2.30. The summed E-state index contributed by atoms with van der Waals surface area (Å²) in [6.07, 6.45) is 4.79. The summed E-state index contributed by atoms with van der Waals surface area (Å²) >= 11 is 0. The van der Waals surface area contributed by atoms with E-state index in [1.165, 1.54) is 12.8 Å². The number of pyridine rings is 1. The molecule has 7 heteroatoms. The molecule has 1 amide bonds. The zero-order valence-electron chi connectivity index (χ0n) is 16.3. The van der Waals surface area contributed by atoms with E-state index in [-0.39, 0.29) is 24.2 Å². The average molecular weight is 393 g/mol. The topological polar surface area (TPSA) is 71.3 Å². The van der Waals surface area contributed by atoms with E-state index in [0.29, 0.717) is 17.3 Å².